The number of aromatic nitrogens is 1. The quantitative estimate of drug-likeness (QED) is 0.890. The minimum absolute atomic E-state index is 0.133. The van der Waals surface area contributed by atoms with E-state index in [0.29, 0.717) is 0 Å². The van der Waals surface area contributed by atoms with Crippen LogP contribution in [0.25, 0.3) is 6.08 Å². The van der Waals surface area contributed by atoms with E-state index >= 15 is 0 Å². The number of alkyl carbamates (subject to hydrolysis) is 1. The van der Waals surface area contributed by atoms with Crippen molar-refractivity contribution in [3.63, 3.8) is 0 Å². The maximum Gasteiger partial charge on any atom is 0.434 e. The third kappa shape index (κ3) is 5.74. The van der Waals surface area contributed by atoms with Gasteiger partial charge in [-0.25, -0.2) is 9.78 Å². The second kappa shape index (κ2) is 7.77. The highest BCUT2D eigenvalue weighted by Gasteiger charge is 2.33. The van der Waals surface area contributed by atoms with Gasteiger partial charge in [-0.15, -0.1) is 11.3 Å². The summed E-state index contributed by atoms with van der Waals surface area (Å²) >= 11 is 0.881. The van der Waals surface area contributed by atoms with Gasteiger partial charge < -0.3 is 10.1 Å². The number of hydrogen-bond donors (Lipinski definition) is 1. The van der Waals surface area contributed by atoms with Gasteiger partial charge in [-0.05, 0) is 11.6 Å². The molecule has 0 saturated heterocycles. The molecule has 0 fully saturated rings. The number of alkyl halides is 3. The molecule has 4 nitrogen and oxygen atoms in total. The molecule has 2 rings (SSSR count). The van der Waals surface area contributed by atoms with Gasteiger partial charge in [0.1, 0.15) is 11.6 Å². The van der Waals surface area contributed by atoms with Crippen molar-refractivity contribution in [2.45, 2.75) is 12.8 Å². The first kappa shape index (κ1) is 17.0. The summed E-state index contributed by atoms with van der Waals surface area (Å²) in [6, 6.07) is 9.18. The maximum absolute atomic E-state index is 12.4. The van der Waals surface area contributed by atoms with Crippen molar-refractivity contribution in [3.05, 3.63) is 58.1 Å². The van der Waals surface area contributed by atoms with Crippen molar-refractivity contribution in [1.29, 1.82) is 0 Å². The van der Waals surface area contributed by atoms with E-state index in [9.17, 15) is 18.0 Å². The lowest BCUT2D eigenvalue weighted by Crippen LogP contribution is -2.24. The van der Waals surface area contributed by atoms with Crippen LogP contribution in [0.5, 0.6) is 0 Å². The Morgan fingerprint density at radius 1 is 1.30 bits per heavy atom. The molecule has 0 atom stereocenters. The van der Waals surface area contributed by atoms with Crippen LogP contribution in [-0.2, 0) is 17.5 Å². The Morgan fingerprint density at radius 3 is 2.70 bits per heavy atom. The highest BCUT2D eigenvalue weighted by atomic mass is 32.1. The van der Waals surface area contributed by atoms with Crippen molar-refractivity contribution >= 4 is 23.5 Å². The number of benzene rings is 1. The molecule has 0 unspecified atom stereocenters. The van der Waals surface area contributed by atoms with Crippen LogP contribution < -0.4 is 5.32 Å². The van der Waals surface area contributed by atoms with Crippen molar-refractivity contribution in [2.75, 3.05) is 6.54 Å². The third-order valence-corrected chi connectivity index (χ3v) is 3.46. The van der Waals surface area contributed by atoms with Gasteiger partial charge >= 0.3 is 12.3 Å². The molecule has 0 spiro atoms. The van der Waals surface area contributed by atoms with Gasteiger partial charge in [0, 0.05) is 11.9 Å². The molecule has 0 aliphatic carbocycles. The molecule has 1 aromatic carbocycles. The fourth-order valence-electron chi connectivity index (χ4n) is 1.57. The Morgan fingerprint density at radius 2 is 2.04 bits per heavy atom. The average Bonchev–Trinajstić information content (AvgIpc) is 3.00. The van der Waals surface area contributed by atoms with Crippen LogP contribution in [0, 0.1) is 0 Å². The molecule has 0 bridgehead atoms. The van der Waals surface area contributed by atoms with E-state index in [1.54, 1.807) is 0 Å². The van der Waals surface area contributed by atoms with Gasteiger partial charge in [0.15, 0.2) is 5.69 Å². The summed E-state index contributed by atoms with van der Waals surface area (Å²) in [6.07, 6.45) is -2.13. The molecular weight excluding hydrogens is 329 g/mol. The second-order valence-electron chi connectivity index (χ2n) is 4.41. The molecule has 0 aliphatic rings. The van der Waals surface area contributed by atoms with Crippen molar-refractivity contribution in [2.24, 2.45) is 0 Å². The highest BCUT2D eigenvalue weighted by Crippen LogP contribution is 2.30. The standard InChI is InChI=1S/C15H13F3N2O2S/c16-15(17,18)12-10-23-13(20-12)7-4-8-19-14(21)22-9-11-5-2-1-3-6-11/h1-7,10H,8-9H2,(H,19,21). The maximum atomic E-state index is 12.4. The zero-order valence-electron chi connectivity index (χ0n) is 11.8. The number of thiazole rings is 1. The molecular formula is C15H13F3N2O2S. The Hall–Kier alpha value is -2.35. The van der Waals surface area contributed by atoms with E-state index in [2.05, 4.69) is 10.3 Å². The normalized spacial score (nSPS) is 11.6. The van der Waals surface area contributed by atoms with Crippen molar-refractivity contribution in [1.82, 2.24) is 10.3 Å². The van der Waals surface area contributed by atoms with E-state index in [1.807, 2.05) is 30.3 Å². The Bertz CT molecular complexity index is 669. The number of nitrogens with one attached hydrogen (secondary N) is 1. The van der Waals surface area contributed by atoms with Crippen LogP contribution in [0.15, 0.2) is 41.8 Å². The summed E-state index contributed by atoms with van der Waals surface area (Å²) in [7, 11) is 0. The Labute approximate surface area is 134 Å². The number of carbonyl (C=O) groups is 1. The van der Waals surface area contributed by atoms with Gasteiger partial charge in [0.25, 0.3) is 0 Å². The molecule has 0 radical (unpaired) electrons. The lowest BCUT2D eigenvalue weighted by atomic mass is 10.2. The smallest absolute Gasteiger partial charge is 0.434 e. The molecule has 122 valence electrons. The lowest BCUT2D eigenvalue weighted by Gasteiger charge is -2.04. The van der Waals surface area contributed by atoms with Crippen molar-refractivity contribution in [3.8, 4) is 0 Å². The fourth-order valence-corrected chi connectivity index (χ4v) is 2.32. The van der Waals surface area contributed by atoms with E-state index in [4.69, 9.17) is 4.74 Å². The van der Waals surface area contributed by atoms with Crippen LogP contribution in [-0.4, -0.2) is 17.6 Å². The largest absolute Gasteiger partial charge is 0.445 e. The molecule has 1 amide bonds. The minimum atomic E-state index is -4.44. The summed E-state index contributed by atoms with van der Waals surface area (Å²) in [4.78, 5) is 14.9. The molecule has 0 saturated carbocycles. The summed E-state index contributed by atoms with van der Waals surface area (Å²) < 4.78 is 42.1. The Kier molecular flexibility index (Phi) is 5.75. The SMILES string of the molecule is O=C(NCC=Cc1nc(C(F)(F)F)cs1)OCc1ccccc1. The van der Waals surface area contributed by atoms with Gasteiger partial charge in [-0.2, -0.15) is 13.2 Å². The van der Waals surface area contributed by atoms with Crippen LogP contribution >= 0.6 is 11.3 Å². The van der Waals surface area contributed by atoms with E-state index < -0.39 is 18.0 Å². The van der Waals surface area contributed by atoms with Crippen LogP contribution in [0.1, 0.15) is 16.3 Å². The average molecular weight is 342 g/mol. The van der Waals surface area contributed by atoms with Gasteiger partial charge in [-0.3, -0.25) is 0 Å². The molecule has 1 N–H and O–H groups in total. The molecule has 0 aliphatic heterocycles. The topological polar surface area (TPSA) is 51.2 Å². The van der Waals surface area contributed by atoms with Gasteiger partial charge in [0.05, 0.1) is 0 Å². The summed E-state index contributed by atoms with van der Waals surface area (Å²) in [5.41, 5.74) is -0.0574. The second-order valence-corrected chi connectivity index (χ2v) is 5.30. The monoisotopic (exact) mass is 342 g/mol. The molecule has 23 heavy (non-hydrogen) atoms. The first-order valence-corrected chi connectivity index (χ1v) is 7.47. The molecule has 1 aromatic heterocycles. The molecule has 8 heteroatoms. The Balaban J connectivity index is 1.72. The number of rotatable bonds is 5. The number of halogens is 3. The number of hydrogen-bond acceptors (Lipinski definition) is 4. The summed E-state index contributed by atoms with van der Waals surface area (Å²) in [5.74, 6) is 0. The first-order valence-electron chi connectivity index (χ1n) is 6.59. The van der Waals surface area contributed by atoms with Crippen LogP contribution in [0.4, 0.5) is 18.0 Å². The van der Waals surface area contributed by atoms with Gasteiger partial charge in [0.2, 0.25) is 0 Å². The highest BCUT2D eigenvalue weighted by molar-refractivity contribution is 7.10. The summed E-state index contributed by atoms with van der Waals surface area (Å²) in [5, 5.41) is 3.63. The number of nitrogens with zero attached hydrogens (tertiary/aromatic N) is 1. The summed E-state index contributed by atoms with van der Waals surface area (Å²) in [6.45, 7) is 0.284. The van der Waals surface area contributed by atoms with Crippen LogP contribution in [0.2, 0.25) is 0 Å². The predicted molar refractivity (Wildman–Crippen MR) is 80.8 cm³/mol. The minimum Gasteiger partial charge on any atom is -0.445 e. The van der Waals surface area contributed by atoms with E-state index in [0.717, 1.165) is 22.3 Å². The number of ether oxygens (including phenoxy) is 1. The predicted octanol–water partition coefficient (Wildman–Crippen LogP) is 4.10. The molecule has 2 aromatic rings. The fraction of sp³-hybridized carbons (Fsp3) is 0.200. The van der Waals surface area contributed by atoms with E-state index in [1.165, 1.54) is 12.2 Å². The molecule has 1 heterocycles. The van der Waals surface area contributed by atoms with Crippen molar-refractivity contribution < 1.29 is 22.7 Å². The van der Waals surface area contributed by atoms with E-state index in [-0.39, 0.29) is 18.2 Å². The number of amides is 1. The third-order valence-electron chi connectivity index (χ3n) is 2.65. The number of carbonyl (C=O) groups excluding carboxylic acids is 1. The zero-order valence-corrected chi connectivity index (χ0v) is 12.7. The zero-order chi connectivity index (χ0) is 16.7. The first-order chi connectivity index (χ1) is 10.9. The van der Waals surface area contributed by atoms with Crippen LogP contribution in [0.3, 0.4) is 0 Å². The lowest BCUT2D eigenvalue weighted by molar-refractivity contribution is -0.140. The van der Waals surface area contributed by atoms with Gasteiger partial charge in [-0.1, -0.05) is 36.4 Å².